The lowest BCUT2D eigenvalue weighted by Crippen LogP contribution is -2.55. The molecule has 4 N–H and O–H groups in total. The summed E-state index contributed by atoms with van der Waals surface area (Å²) >= 11 is 2.88. The van der Waals surface area contributed by atoms with Gasteiger partial charge in [-0.2, -0.15) is 0 Å². The second-order valence-electron chi connectivity index (χ2n) is 16.9. The lowest BCUT2D eigenvalue weighted by molar-refractivity contribution is -0.140. The first-order chi connectivity index (χ1) is 29.4. The maximum absolute atomic E-state index is 14.8. The van der Waals surface area contributed by atoms with Crippen LogP contribution in [0.3, 0.4) is 0 Å². The number of ether oxygens (including phenoxy) is 3. The molecule has 6 atom stereocenters. The fraction of sp³-hybridized carbons (Fsp3) is 0.523. The van der Waals surface area contributed by atoms with Crippen molar-refractivity contribution in [3.63, 3.8) is 0 Å². The van der Waals surface area contributed by atoms with Crippen molar-refractivity contribution in [2.24, 2.45) is 5.92 Å². The predicted octanol–water partition coefficient (Wildman–Crippen LogP) is 8.46. The number of benzene rings is 1. The van der Waals surface area contributed by atoms with Crippen LogP contribution in [-0.2, 0) is 25.1 Å². The number of hydrogen-bond donors (Lipinski definition) is 4. The van der Waals surface area contributed by atoms with Gasteiger partial charge in [-0.15, -0.1) is 22.7 Å². The van der Waals surface area contributed by atoms with E-state index in [-0.39, 0.29) is 37.2 Å². The molecule has 4 aromatic rings. The summed E-state index contributed by atoms with van der Waals surface area (Å²) < 4.78 is 32.5. The Balaban J connectivity index is 1.13. The summed E-state index contributed by atoms with van der Waals surface area (Å²) in [6.07, 6.45) is 9.80. The summed E-state index contributed by atoms with van der Waals surface area (Å²) in [6, 6.07) is 9.20. The Morgan fingerprint density at radius 1 is 1.05 bits per heavy atom. The lowest BCUT2D eigenvalue weighted by atomic mass is 10.0. The molecule has 3 aromatic heterocycles. The molecule has 14 nitrogen and oxygen atoms in total. The number of nitrogens with one attached hydrogen (secondary N) is 3. The van der Waals surface area contributed by atoms with E-state index in [1.54, 1.807) is 7.11 Å². The molecule has 3 fully saturated rings. The van der Waals surface area contributed by atoms with Gasteiger partial charge in [0.05, 0.1) is 31.0 Å². The maximum atomic E-state index is 14.8. The predicted molar refractivity (Wildman–Crippen MR) is 237 cm³/mol. The summed E-state index contributed by atoms with van der Waals surface area (Å²) in [4.78, 5) is 66.7. The van der Waals surface area contributed by atoms with Crippen molar-refractivity contribution >= 4 is 64.0 Å². The van der Waals surface area contributed by atoms with Gasteiger partial charge in [0.2, 0.25) is 19.2 Å². The van der Waals surface area contributed by atoms with Crippen molar-refractivity contribution in [3.05, 3.63) is 64.2 Å². The molecule has 2 aliphatic carbocycles. The van der Waals surface area contributed by atoms with Crippen molar-refractivity contribution in [1.82, 2.24) is 25.5 Å². The highest BCUT2D eigenvalue weighted by Gasteiger charge is 2.66. The van der Waals surface area contributed by atoms with Gasteiger partial charge in [-0.3, -0.25) is 14.2 Å². The van der Waals surface area contributed by atoms with E-state index in [0.29, 0.717) is 53.1 Å². The molecule has 2 saturated carbocycles. The molecule has 17 heteroatoms. The average molecular weight is 891 g/mol. The van der Waals surface area contributed by atoms with Gasteiger partial charge in [0.15, 0.2) is 5.13 Å². The zero-order chi connectivity index (χ0) is 42.7. The Labute approximate surface area is 364 Å². The minimum absolute atomic E-state index is 0.0313. The molecular formula is C44H55N6O8PS2. The van der Waals surface area contributed by atoms with Gasteiger partial charge in [0.1, 0.15) is 46.8 Å². The maximum Gasteiger partial charge on any atom is 0.408 e. The third kappa shape index (κ3) is 9.77. The number of amides is 3. The van der Waals surface area contributed by atoms with E-state index < -0.39 is 48.7 Å². The number of rotatable bonds is 11. The van der Waals surface area contributed by atoms with Crippen LogP contribution in [0.5, 0.6) is 11.5 Å². The normalized spacial score (nSPS) is 25.8. The van der Waals surface area contributed by atoms with Crippen LogP contribution in [0.1, 0.15) is 89.4 Å². The van der Waals surface area contributed by atoms with E-state index in [0.717, 1.165) is 55.0 Å². The van der Waals surface area contributed by atoms with Crippen molar-refractivity contribution < 1.29 is 38.1 Å². The van der Waals surface area contributed by atoms with Crippen LogP contribution < -0.4 is 25.4 Å². The fourth-order valence-electron chi connectivity index (χ4n) is 8.82. The summed E-state index contributed by atoms with van der Waals surface area (Å²) in [5.74, 6) is -0.188. The molecule has 1 saturated heterocycles. The number of hydrogen-bond acceptors (Lipinski definition) is 12. The Hall–Kier alpha value is -4.50. The number of aromatic nitrogens is 2. The first-order valence-electron chi connectivity index (χ1n) is 21.4. The van der Waals surface area contributed by atoms with Gasteiger partial charge in [-0.1, -0.05) is 31.1 Å². The van der Waals surface area contributed by atoms with Gasteiger partial charge in [0.25, 0.3) is 0 Å². The Morgan fingerprint density at radius 2 is 1.87 bits per heavy atom. The third-order valence-corrected chi connectivity index (χ3v) is 16.6. The molecular weight excluding hydrogens is 836 g/mol. The number of thiazole rings is 1. The molecule has 3 amide bonds. The standard InChI is InChI=1S/C44H55N6O8PS2/c1-27(2)45-42-47-37(26-61-42)36-22-39(33-18-17-30(56-3)20-35(33)46-36)57-31-21-38-40(51)49-44(59(54,55)25-32-15-11-19-60-32)23-28(44)12-7-5-4-6-8-16-34(41(52)50(38)24-31)48-43(53)58-29-13-9-10-14-29/h7,11-12,15,17-20,22,26-29,31,34,38H,4-6,8-10,13-14,16,21,23-25H2,1-3H3,(H,45,47)(H,48,53)(H,49,51)(H,54,55)/t28-,31-,34+,38+,44+/m1/s1. The minimum Gasteiger partial charge on any atom is -0.497 e. The first kappa shape index (κ1) is 43.2. The van der Waals surface area contributed by atoms with Crippen molar-refractivity contribution in [1.29, 1.82) is 0 Å². The SMILES string of the molecule is COc1ccc2c(O[C@@H]3C[C@H]4C(=O)N[C@]5(P(=O)(O)Cc6cccs6)C[C@H]5C=CCCCCC[C@H](NC(=O)OC5CCCC5)C(=O)N4C3)cc(-c3csc(NC(C)C)n3)nc2c1. The molecule has 0 bridgehead atoms. The number of anilines is 1. The number of nitrogens with zero attached hydrogens (tertiary/aromatic N) is 3. The quantitative estimate of drug-likeness (QED) is 0.0838. The molecule has 0 spiro atoms. The van der Waals surface area contributed by atoms with Crippen LogP contribution in [0, 0.1) is 5.92 Å². The van der Waals surface area contributed by atoms with E-state index in [4.69, 9.17) is 24.2 Å². The number of alkyl carbamates (subject to hydrolysis) is 1. The smallest absolute Gasteiger partial charge is 0.408 e. The van der Waals surface area contributed by atoms with Gasteiger partial charge < -0.3 is 40.0 Å². The Bertz CT molecular complexity index is 2300. The van der Waals surface area contributed by atoms with Crippen LogP contribution in [0.4, 0.5) is 9.93 Å². The van der Waals surface area contributed by atoms with Gasteiger partial charge in [-0.25, -0.2) is 14.8 Å². The largest absolute Gasteiger partial charge is 0.497 e. The number of allylic oxidation sites excluding steroid dienone is 1. The fourth-order valence-corrected chi connectivity index (χ4v) is 13.2. The molecule has 61 heavy (non-hydrogen) atoms. The van der Waals surface area contributed by atoms with Crippen LogP contribution in [0.25, 0.3) is 22.3 Å². The number of methoxy groups -OCH3 is 1. The second kappa shape index (κ2) is 18.5. The average Bonchev–Trinajstić information content (AvgIpc) is 3.86. The van der Waals surface area contributed by atoms with Crippen LogP contribution >= 0.6 is 30.0 Å². The highest BCUT2D eigenvalue weighted by Crippen LogP contribution is 2.71. The first-order valence-corrected chi connectivity index (χ1v) is 25.0. The van der Waals surface area contributed by atoms with Crippen LogP contribution in [-0.4, -0.2) is 86.9 Å². The topological polar surface area (TPSA) is 181 Å². The van der Waals surface area contributed by atoms with Crippen molar-refractivity contribution in [3.8, 4) is 22.9 Å². The van der Waals surface area contributed by atoms with Gasteiger partial charge >= 0.3 is 6.09 Å². The number of pyridine rings is 1. The van der Waals surface area contributed by atoms with E-state index in [9.17, 15) is 23.8 Å². The Morgan fingerprint density at radius 3 is 2.64 bits per heavy atom. The molecule has 5 heterocycles. The molecule has 8 rings (SSSR count). The monoisotopic (exact) mass is 890 g/mol. The van der Waals surface area contributed by atoms with Gasteiger partial charge in [-0.05, 0) is 88.8 Å². The molecule has 1 aromatic carbocycles. The van der Waals surface area contributed by atoms with E-state index in [1.165, 1.54) is 27.6 Å². The number of fused-ring (bicyclic) bond motifs is 3. The summed E-state index contributed by atoms with van der Waals surface area (Å²) in [7, 11) is -2.43. The molecule has 2 aliphatic heterocycles. The van der Waals surface area contributed by atoms with Crippen molar-refractivity contribution in [2.75, 3.05) is 19.0 Å². The summed E-state index contributed by atoms with van der Waals surface area (Å²) in [5.41, 5.74) is 1.85. The molecule has 4 aliphatic rings. The summed E-state index contributed by atoms with van der Waals surface area (Å²) in [5, 5.41) is 13.2. The zero-order valence-corrected chi connectivity index (χ0v) is 37.4. The third-order valence-electron chi connectivity index (χ3n) is 12.1. The minimum atomic E-state index is -4.02. The molecule has 326 valence electrons. The van der Waals surface area contributed by atoms with Crippen LogP contribution in [0.2, 0.25) is 0 Å². The number of thiophene rings is 1. The Kier molecular flexibility index (Phi) is 13.1. The molecule has 0 radical (unpaired) electrons. The van der Waals surface area contributed by atoms with E-state index in [1.807, 2.05) is 73.2 Å². The highest BCUT2D eigenvalue weighted by molar-refractivity contribution is 7.59. The highest BCUT2D eigenvalue weighted by atomic mass is 32.1. The molecule has 1 unspecified atom stereocenters. The van der Waals surface area contributed by atoms with E-state index >= 15 is 0 Å². The van der Waals surface area contributed by atoms with Crippen LogP contribution in [0.15, 0.2) is 59.3 Å². The zero-order valence-electron chi connectivity index (χ0n) is 34.8. The van der Waals surface area contributed by atoms with Crippen molar-refractivity contribution in [2.45, 2.75) is 126 Å². The van der Waals surface area contributed by atoms with Gasteiger partial charge in [0, 0.05) is 46.2 Å². The van der Waals surface area contributed by atoms with E-state index in [2.05, 4.69) is 16.0 Å². The summed E-state index contributed by atoms with van der Waals surface area (Å²) in [6.45, 7) is 4.12. The number of carbonyl (C=O) groups is 3. The lowest BCUT2D eigenvalue weighted by Gasteiger charge is -2.31. The second-order valence-corrected chi connectivity index (χ2v) is 21.4. The number of carbonyl (C=O) groups excluding carboxylic acids is 3.